The van der Waals surface area contributed by atoms with Crippen LogP contribution in [0.5, 0.6) is 0 Å². The number of thioether (sulfide) groups is 1. The number of nitrogens with one attached hydrogen (secondary N) is 2. The lowest BCUT2D eigenvalue weighted by Gasteiger charge is -2.35. The highest BCUT2D eigenvalue weighted by Crippen LogP contribution is 2.33. The number of pyridine rings is 1. The summed E-state index contributed by atoms with van der Waals surface area (Å²) >= 11 is 1.60. The van der Waals surface area contributed by atoms with E-state index < -0.39 is 23.2 Å². The number of benzene rings is 4. The summed E-state index contributed by atoms with van der Waals surface area (Å²) in [4.78, 5) is 49.5. The van der Waals surface area contributed by atoms with Gasteiger partial charge in [0.05, 0.1) is 23.4 Å². The van der Waals surface area contributed by atoms with E-state index in [0.29, 0.717) is 40.2 Å². The quantitative estimate of drug-likeness (QED) is 0.0802. The standard InChI is InChI=1S/C46H50F3N5O4S/c1-6-54(7-2)37-17-18-40(39(28-37)41-27-35(19-21-50-41)43(57)51-29-32-12-9-15-36(24-32)46(47,48)49)52-44(58)34-14-8-13-33(23-34)30-59-38-16-10-11-31(25-38)26-42(56)53(5)45(3,4)20-22-55/h8-19,21,23-25,27-28,55H,6-7,20,22,26,29-30H2,1-5H3,(H,51,57)(H,52,58). The fourth-order valence-electron chi connectivity index (χ4n) is 6.48. The number of nitrogens with zero attached hydrogens (tertiary/aromatic N) is 3. The summed E-state index contributed by atoms with van der Waals surface area (Å²) < 4.78 is 39.7. The van der Waals surface area contributed by atoms with Gasteiger partial charge in [0, 0.05) is 78.1 Å². The minimum Gasteiger partial charge on any atom is -0.396 e. The molecule has 5 aromatic rings. The predicted octanol–water partition coefficient (Wildman–Crippen LogP) is 9.25. The molecule has 0 bridgehead atoms. The largest absolute Gasteiger partial charge is 0.416 e. The van der Waals surface area contributed by atoms with Gasteiger partial charge in [-0.05, 0) is 118 Å². The fraction of sp³-hybridized carbons (Fsp3) is 0.304. The Morgan fingerprint density at radius 3 is 2.22 bits per heavy atom. The highest BCUT2D eigenvalue weighted by atomic mass is 32.2. The predicted molar refractivity (Wildman–Crippen MR) is 229 cm³/mol. The molecule has 0 saturated carbocycles. The van der Waals surface area contributed by atoms with Gasteiger partial charge in [0.15, 0.2) is 0 Å². The van der Waals surface area contributed by atoms with Gasteiger partial charge in [0.25, 0.3) is 11.8 Å². The van der Waals surface area contributed by atoms with Crippen LogP contribution in [0.1, 0.15) is 77.1 Å². The van der Waals surface area contributed by atoms with Crippen LogP contribution in [0.2, 0.25) is 0 Å². The third-order valence-corrected chi connectivity index (χ3v) is 11.3. The zero-order valence-electron chi connectivity index (χ0n) is 33.9. The van der Waals surface area contributed by atoms with Crippen LogP contribution in [0.4, 0.5) is 24.5 Å². The molecule has 0 unspecified atom stereocenters. The molecule has 3 N–H and O–H groups in total. The average molecular weight is 826 g/mol. The van der Waals surface area contributed by atoms with E-state index in [2.05, 4.69) is 20.5 Å². The summed E-state index contributed by atoms with van der Waals surface area (Å²) in [5, 5.41) is 15.2. The van der Waals surface area contributed by atoms with Gasteiger partial charge in [-0.25, -0.2) is 0 Å². The Kier molecular flexibility index (Phi) is 15.0. The van der Waals surface area contributed by atoms with Crippen molar-refractivity contribution in [3.63, 3.8) is 0 Å². The maximum absolute atomic E-state index is 13.8. The van der Waals surface area contributed by atoms with Crippen molar-refractivity contribution in [2.75, 3.05) is 37.0 Å². The first-order valence-electron chi connectivity index (χ1n) is 19.4. The number of amides is 3. The van der Waals surface area contributed by atoms with Crippen molar-refractivity contribution < 1.29 is 32.7 Å². The van der Waals surface area contributed by atoms with Crippen LogP contribution in [0.25, 0.3) is 11.3 Å². The maximum Gasteiger partial charge on any atom is 0.416 e. The van der Waals surface area contributed by atoms with E-state index in [1.807, 2.05) is 88.4 Å². The highest BCUT2D eigenvalue weighted by molar-refractivity contribution is 7.98. The van der Waals surface area contributed by atoms with E-state index in [0.717, 1.165) is 46.9 Å². The van der Waals surface area contributed by atoms with Crippen LogP contribution < -0.4 is 15.5 Å². The van der Waals surface area contributed by atoms with E-state index in [1.54, 1.807) is 35.8 Å². The van der Waals surface area contributed by atoms with E-state index in [-0.39, 0.29) is 37.0 Å². The smallest absolute Gasteiger partial charge is 0.396 e. The summed E-state index contributed by atoms with van der Waals surface area (Å²) in [5.41, 5.74) is 3.97. The van der Waals surface area contributed by atoms with E-state index >= 15 is 0 Å². The molecule has 9 nitrogen and oxygen atoms in total. The van der Waals surface area contributed by atoms with Crippen molar-refractivity contribution in [2.45, 2.75) is 69.4 Å². The molecular weight excluding hydrogens is 776 g/mol. The van der Waals surface area contributed by atoms with Crippen molar-refractivity contribution in [3.8, 4) is 11.3 Å². The zero-order valence-corrected chi connectivity index (χ0v) is 34.7. The summed E-state index contributed by atoms with van der Waals surface area (Å²) in [6.07, 6.45) is -2.29. The topological polar surface area (TPSA) is 115 Å². The number of halogens is 3. The van der Waals surface area contributed by atoms with Crippen molar-refractivity contribution >= 4 is 40.9 Å². The normalized spacial score (nSPS) is 11.5. The second-order valence-corrected chi connectivity index (χ2v) is 15.8. The lowest BCUT2D eigenvalue weighted by molar-refractivity contribution is -0.137. The lowest BCUT2D eigenvalue weighted by atomic mass is 9.98. The van der Waals surface area contributed by atoms with Crippen molar-refractivity contribution in [2.24, 2.45) is 0 Å². The summed E-state index contributed by atoms with van der Waals surface area (Å²) in [6.45, 7) is 9.31. The Labute approximate surface area is 348 Å². The number of hydrogen-bond acceptors (Lipinski definition) is 7. The molecular formula is C46H50F3N5O4S. The third kappa shape index (κ3) is 12.0. The molecule has 310 valence electrons. The minimum atomic E-state index is -4.50. The first-order chi connectivity index (χ1) is 28.1. The van der Waals surface area contributed by atoms with Crippen molar-refractivity contribution in [3.05, 3.63) is 143 Å². The Morgan fingerprint density at radius 2 is 1.49 bits per heavy atom. The van der Waals surface area contributed by atoms with Gasteiger partial charge in [-0.1, -0.05) is 36.4 Å². The number of hydrogen-bond donors (Lipinski definition) is 3. The van der Waals surface area contributed by atoms with Crippen LogP contribution in [-0.2, 0) is 29.7 Å². The molecule has 13 heteroatoms. The number of anilines is 2. The van der Waals surface area contributed by atoms with E-state index in [1.165, 1.54) is 24.4 Å². The average Bonchev–Trinajstić information content (AvgIpc) is 3.22. The Hall–Kier alpha value is -5.66. The highest BCUT2D eigenvalue weighted by Gasteiger charge is 2.30. The first kappa shape index (κ1) is 44.4. The summed E-state index contributed by atoms with van der Waals surface area (Å²) in [5.74, 6) is -0.274. The lowest BCUT2D eigenvalue weighted by Crippen LogP contribution is -2.46. The molecule has 0 aliphatic heterocycles. The Bertz CT molecular complexity index is 2260. The number of carbonyl (C=O) groups excluding carboxylic acids is 3. The molecule has 5 rings (SSSR count). The monoisotopic (exact) mass is 825 g/mol. The molecule has 0 aliphatic carbocycles. The molecule has 0 radical (unpaired) electrons. The number of carbonyl (C=O) groups is 3. The molecule has 59 heavy (non-hydrogen) atoms. The van der Waals surface area contributed by atoms with E-state index in [9.17, 15) is 32.7 Å². The number of alkyl halides is 3. The Balaban J connectivity index is 1.31. The van der Waals surface area contributed by atoms with Crippen LogP contribution in [0.3, 0.4) is 0 Å². The second kappa shape index (κ2) is 19.9. The zero-order chi connectivity index (χ0) is 42.7. The molecule has 4 aromatic carbocycles. The second-order valence-electron chi connectivity index (χ2n) is 14.7. The van der Waals surface area contributed by atoms with Crippen molar-refractivity contribution in [1.29, 1.82) is 0 Å². The molecule has 3 amide bonds. The SMILES string of the molecule is CCN(CC)c1ccc(NC(=O)c2cccc(CSc3cccc(CC(=O)N(C)C(C)(C)CCO)c3)c2)c(-c2cc(C(=O)NCc3cccc(C(F)(F)F)c3)ccn2)c1. The Morgan fingerprint density at radius 1 is 0.797 bits per heavy atom. The van der Waals surface area contributed by atoms with Gasteiger partial charge in [-0.15, -0.1) is 11.8 Å². The number of aromatic nitrogens is 1. The first-order valence-corrected chi connectivity index (χ1v) is 20.4. The van der Waals surface area contributed by atoms with Crippen LogP contribution >= 0.6 is 11.8 Å². The van der Waals surface area contributed by atoms with Crippen molar-refractivity contribution in [1.82, 2.24) is 15.2 Å². The van der Waals surface area contributed by atoms with Crippen LogP contribution in [0.15, 0.2) is 114 Å². The number of likely N-dealkylation sites (N-methyl/N-ethyl adjacent to an activating group) is 1. The van der Waals surface area contributed by atoms with Gasteiger partial charge in [0.1, 0.15) is 0 Å². The summed E-state index contributed by atoms with van der Waals surface area (Å²) in [6, 6.07) is 28.8. The fourth-order valence-corrected chi connectivity index (χ4v) is 7.40. The molecule has 0 aliphatic rings. The van der Waals surface area contributed by atoms with Crippen LogP contribution in [-0.4, -0.2) is 65.0 Å². The number of aliphatic hydroxyl groups excluding tert-OH is 1. The van der Waals surface area contributed by atoms with Gasteiger partial charge < -0.3 is 25.5 Å². The molecule has 0 fully saturated rings. The summed E-state index contributed by atoms with van der Waals surface area (Å²) in [7, 11) is 1.76. The van der Waals surface area contributed by atoms with Gasteiger partial charge in [0.2, 0.25) is 5.91 Å². The maximum atomic E-state index is 13.8. The van der Waals surface area contributed by atoms with Gasteiger partial charge in [-0.3, -0.25) is 19.4 Å². The molecule has 0 spiro atoms. The van der Waals surface area contributed by atoms with Gasteiger partial charge >= 0.3 is 6.18 Å². The van der Waals surface area contributed by atoms with Gasteiger partial charge in [-0.2, -0.15) is 13.2 Å². The minimum absolute atomic E-state index is 0.000486. The third-order valence-electron chi connectivity index (χ3n) is 10.2. The number of aliphatic hydroxyl groups is 1. The molecule has 0 atom stereocenters. The molecule has 0 saturated heterocycles. The molecule has 1 heterocycles. The molecule has 1 aromatic heterocycles. The number of rotatable bonds is 17. The van der Waals surface area contributed by atoms with Crippen LogP contribution in [0, 0.1) is 0 Å². The van der Waals surface area contributed by atoms with E-state index in [4.69, 9.17) is 0 Å².